The second-order valence-corrected chi connectivity index (χ2v) is 7.97. The molecule has 1 heterocycles. The lowest BCUT2D eigenvalue weighted by atomic mass is 10.1. The maximum absolute atomic E-state index is 13.7. The summed E-state index contributed by atoms with van der Waals surface area (Å²) in [6.45, 7) is 3.27. The van der Waals surface area contributed by atoms with E-state index in [4.69, 9.17) is 9.47 Å². The number of nitrogens with zero attached hydrogens (tertiary/aromatic N) is 2. The van der Waals surface area contributed by atoms with Crippen molar-refractivity contribution in [2.75, 3.05) is 12.4 Å². The number of halogens is 1. The van der Waals surface area contributed by atoms with Gasteiger partial charge >= 0.3 is 0 Å². The van der Waals surface area contributed by atoms with Gasteiger partial charge in [0.05, 0.1) is 13.2 Å². The summed E-state index contributed by atoms with van der Waals surface area (Å²) < 4.78 is 26.1. The summed E-state index contributed by atoms with van der Waals surface area (Å²) in [5.74, 6) is 0.380. The first kappa shape index (κ1) is 23.7. The molecule has 0 spiro atoms. The van der Waals surface area contributed by atoms with Crippen molar-refractivity contribution in [3.05, 3.63) is 101 Å². The van der Waals surface area contributed by atoms with Gasteiger partial charge in [0, 0.05) is 11.3 Å². The van der Waals surface area contributed by atoms with Gasteiger partial charge in [-0.25, -0.2) is 9.07 Å². The smallest absolute Gasteiger partial charge is 0.271 e. The summed E-state index contributed by atoms with van der Waals surface area (Å²) in [6.07, 6.45) is 0. The number of carbonyl (C=O) groups excluding carboxylic acids is 1. The molecular formula is C27H24FN3O4. The highest BCUT2D eigenvalue weighted by Gasteiger charge is 2.22. The molecule has 0 aliphatic carbocycles. The van der Waals surface area contributed by atoms with Gasteiger partial charge < -0.3 is 14.8 Å². The molecular weight excluding hydrogens is 449 g/mol. The number of benzene rings is 3. The number of anilines is 1. The number of hydrogen-bond donors (Lipinski definition) is 1. The van der Waals surface area contributed by atoms with Crippen LogP contribution < -0.4 is 20.3 Å². The number of ether oxygens (including phenoxy) is 2. The fraction of sp³-hybridized carbons (Fsp3) is 0.148. The third-order valence-corrected chi connectivity index (χ3v) is 5.29. The van der Waals surface area contributed by atoms with Crippen molar-refractivity contribution in [1.29, 1.82) is 0 Å². The van der Waals surface area contributed by atoms with Gasteiger partial charge in [0.2, 0.25) is 5.91 Å². The number of nitrogens with one attached hydrogen (secondary N) is 1. The Morgan fingerprint density at radius 2 is 1.74 bits per heavy atom. The van der Waals surface area contributed by atoms with Crippen molar-refractivity contribution in [1.82, 2.24) is 9.78 Å². The Labute approximate surface area is 201 Å². The van der Waals surface area contributed by atoms with Gasteiger partial charge in [0.25, 0.3) is 5.56 Å². The van der Waals surface area contributed by atoms with Gasteiger partial charge in [0.1, 0.15) is 29.1 Å². The molecule has 1 N–H and O–H groups in total. The first-order valence-corrected chi connectivity index (χ1v) is 10.9. The molecule has 0 saturated carbocycles. The number of rotatable bonds is 7. The van der Waals surface area contributed by atoms with Crippen LogP contribution in [0.2, 0.25) is 0 Å². The Balaban J connectivity index is 1.74. The van der Waals surface area contributed by atoms with Gasteiger partial charge in [-0.3, -0.25) is 9.59 Å². The fourth-order valence-electron chi connectivity index (χ4n) is 3.56. The minimum Gasteiger partial charge on any atom is -0.497 e. The molecule has 1 amide bonds. The van der Waals surface area contributed by atoms with E-state index in [1.807, 2.05) is 18.2 Å². The molecule has 0 aliphatic heterocycles. The normalized spacial score (nSPS) is 11.5. The molecule has 4 aromatic rings. The minimum absolute atomic E-state index is 0.235. The highest BCUT2D eigenvalue weighted by atomic mass is 19.1. The van der Waals surface area contributed by atoms with Crippen LogP contribution in [0.4, 0.5) is 10.1 Å². The molecule has 0 fully saturated rings. The molecule has 0 bridgehead atoms. The van der Waals surface area contributed by atoms with E-state index in [2.05, 4.69) is 10.4 Å². The van der Waals surface area contributed by atoms with E-state index in [0.717, 1.165) is 4.68 Å². The van der Waals surface area contributed by atoms with E-state index in [9.17, 15) is 14.0 Å². The Morgan fingerprint density at radius 1 is 1.00 bits per heavy atom. The van der Waals surface area contributed by atoms with Gasteiger partial charge in [0.15, 0.2) is 5.75 Å². The Hall–Kier alpha value is -4.46. The van der Waals surface area contributed by atoms with E-state index >= 15 is 0 Å². The molecule has 178 valence electrons. The highest BCUT2D eigenvalue weighted by molar-refractivity contribution is 5.93. The molecule has 3 aromatic carbocycles. The molecule has 1 aromatic heterocycles. The predicted octanol–water partition coefficient (Wildman–Crippen LogP) is 5.36. The molecule has 35 heavy (non-hydrogen) atoms. The molecule has 7 nitrogen and oxygen atoms in total. The van der Waals surface area contributed by atoms with Crippen molar-refractivity contribution < 1.29 is 18.7 Å². The van der Waals surface area contributed by atoms with Gasteiger partial charge in [-0.2, -0.15) is 5.10 Å². The zero-order chi connectivity index (χ0) is 24.9. The van der Waals surface area contributed by atoms with Crippen LogP contribution in [0.1, 0.15) is 18.5 Å². The second kappa shape index (κ2) is 10.2. The molecule has 0 saturated heterocycles. The fourth-order valence-corrected chi connectivity index (χ4v) is 3.56. The van der Waals surface area contributed by atoms with E-state index in [-0.39, 0.29) is 5.75 Å². The first-order valence-electron chi connectivity index (χ1n) is 10.9. The van der Waals surface area contributed by atoms with Crippen LogP contribution in [-0.4, -0.2) is 22.8 Å². The Bertz CT molecular complexity index is 1400. The minimum atomic E-state index is -0.985. The van der Waals surface area contributed by atoms with Gasteiger partial charge in [-0.15, -0.1) is 0 Å². The summed E-state index contributed by atoms with van der Waals surface area (Å²) in [6, 6.07) is 20.7. The number of aromatic nitrogens is 2. The average Bonchev–Trinajstić information content (AvgIpc) is 2.84. The number of methoxy groups -OCH3 is 1. The van der Waals surface area contributed by atoms with Gasteiger partial charge in [-0.1, -0.05) is 30.3 Å². The van der Waals surface area contributed by atoms with Crippen molar-refractivity contribution in [3.8, 4) is 28.5 Å². The topological polar surface area (TPSA) is 82.5 Å². The molecule has 1 unspecified atom stereocenters. The van der Waals surface area contributed by atoms with Crippen LogP contribution in [0.25, 0.3) is 11.3 Å². The van der Waals surface area contributed by atoms with Crippen molar-refractivity contribution >= 4 is 11.6 Å². The summed E-state index contributed by atoms with van der Waals surface area (Å²) in [4.78, 5) is 25.9. The van der Waals surface area contributed by atoms with Crippen LogP contribution in [-0.2, 0) is 4.79 Å². The van der Waals surface area contributed by atoms with Crippen molar-refractivity contribution in [2.45, 2.75) is 19.9 Å². The summed E-state index contributed by atoms with van der Waals surface area (Å²) >= 11 is 0. The zero-order valence-electron chi connectivity index (χ0n) is 19.5. The Kier molecular flexibility index (Phi) is 6.91. The molecule has 0 aliphatic rings. The monoisotopic (exact) mass is 473 g/mol. The molecule has 8 heteroatoms. The Morgan fingerprint density at radius 3 is 2.46 bits per heavy atom. The number of amides is 1. The SMILES string of the molecule is COc1cccc(-c2nn(C(C)C(=O)Nc3cc(C)cc(F)c3)c(=O)cc2Oc2ccccc2)c1. The molecule has 0 radical (unpaired) electrons. The lowest BCUT2D eigenvalue weighted by Crippen LogP contribution is -2.33. The largest absolute Gasteiger partial charge is 0.497 e. The number of carbonyl (C=O) groups is 1. The summed E-state index contributed by atoms with van der Waals surface area (Å²) in [5.41, 5.74) is 1.42. The lowest BCUT2D eigenvalue weighted by Gasteiger charge is -2.18. The van der Waals surface area contributed by atoms with E-state index in [1.165, 1.54) is 18.2 Å². The van der Waals surface area contributed by atoms with E-state index < -0.39 is 23.3 Å². The van der Waals surface area contributed by atoms with Crippen LogP contribution in [0.3, 0.4) is 0 Å². The van der Waals surface area contributed by atoms with Gasteiger partial charge in [-0.05, 0) is 61.9 Å². The summed E-state index contributed by atoms with van der Waals surface area (Å²) in [7, 11) is 1.55. The molecule has 4 rings (SSSR count). The quantitative estimate of drug-likeness (QED) is 0.391. The summed E-state index contributed by atoms with van der Waals surface area (Å²) in [5, 5.41) is 7.15. The van der Waals surface area contributed by atoms with E-state index in [0.29, 0.717) is 34.0 Å². The third kappa shape index (κ3) is 5.55. The van der Waals surface area contributed by atoms with Crippen LogP contribution in [0.5, 0.6) is 17.2 Å². The van der Waals surface area contributed by atoms with E-state index in [1.54, 1.807) is 63.4 Å². The van der Waals surface area contributed by atoms with Crippen LogP contribution >= 0.6 is 0 Å². The van der Waals surface area contributed by atoms with Crippen molar-refractivity contribution in [3.63, 3.8) is 0 Å². The zero-order valence-corrected chi connectivity index (χ0v) is 19.5. The third-order valence-electron chi connectivity index (χ3n) is 5.29. The maximum Gasteiger partial charge on any atom is 0.271 e. The van der Waals surface area contributed by atoms with Crippen molar-refractivity contribution in [2.24, 2.45) is 0 Å². The first-order chi connectivity index (χ1) is 16.8. The lowest BCUT2D eigenvalue weighted by molar-refractivity contribution is -0.119. The standard InChI is InChI=1S/C27H24FN3O4/c1-17-12-20(28)15-21(13-17)29-27(33)18(2)31-25(32)16-24(35-22-9-5-4-6-10-22)26(30-31)19-8-7-11-23(14-19)34-3/h4-16,18H,1-3H3,(H,29,33). The molecule has 1 atom stereocenters. The average molecular weight is 474 g/mol. The second-order valence-electron chi connectivity index (χ2n) is 7.97. The van der Waals surface area contributed by atoms with Crippen LogP contribution in [0.15, 0.2) is 83.7 Å². The number of para-hydroxylation sites is 1. The highest BCUT2D eigenvalue weighted by Crippen LogP contribution is 2.32. The van der Waals surface area contributed by atoms with Crippen LogP contribution in [0, 0.1) is 12.7 Å². The predicted molar refractivity (Wildman–Crippen MR) is 131 cm³/mol. The number of hydrogen-bond acceptors (Lipinski definition) is 5. The maximum atomic E-state index is 13.7. The number of aryl methyl sites for hydroxylation is 1.